The van der Waals surface area contributed by atoms with Gasteiger partial charge in [-0.15, -0.1) is 10.2 Å². The van der Waals surface area contributed by atoms with Crippen LogP contribution in [-0.4, -0.2) is 63.8 Å². The first-order valence-electron chi connectivity index (χ1n) is 11.0. The minimum Gasteiger partial charge on any atom is -0.497 e. The van der Waals surface area contributed by atoms with Gasteiger partial charge < -0.3 is 14.5 Å². The van der Waals surface area contributed by atoms with Crippen molar-refractivity contribution in [2.24, 2.45) is 0 Å². The summed E-state index contributed by atoms with van der Waals surface area (Å²) >= 11 is 0. The van der Waals surface area contributed by atoms with E-state index in [1.165, 1.54) is 17.0 Å². The minimum absolute atomic E-state index is 0.000568. The number of piperazine rings is 1. The number of benzene rings is 1. The van der Waals surface area contributed by atoms with E-state index in [9.17, 15) is 9.59 Å². The Morgan fingerprint density at radius 3 is 2.33 bits per heavy atom. The Labute approximate surface area is 192 Å². The molecule has 33 heavy (non-hydrogen) atoms. The molecule has 0 N–H and O–H groups in total. The van der Waals surface area contributed by atoms with Crippen LogP contribution in [0.5, 0.6) is 5.75 Å². The number of methoxy groups -OCH3 is 1. The molecule has 3 heterocycles. The van der Waals surface area contributed by atoms with Gasteiger partial charge in [0.15, 0.2) is 5.82 Å². The van der Waals surface area contributed by atoms with Crippen LogP contribution in [0.25, 0.3) is 11.3 Å². The lowest BCUT2D eigenvalue weighted by atomic mass is 10.1. The lowest BCUT2D eigenvalue weighted by Gasteiger charge is -2.35. The molecular weight excluding hydrogens is 420 g/mol. The predicted molar refractivity (Wildman–Crippen MR) is 125 cm³/mol. The molecule has 9 nitrogen and oxygen atoms in total. The zero-order valence-electron chi connectivity index (χ0n) is 19.1. The summed E-state index contributed by atoms with van der Waals surface area (Å²) in [4.78, 5) is 33.2. The molecule has 172 valence electrons. The Morgan fingerprint density at radius 2 is 1.76 bits per heavy atom. The van der Waals surface area contributed by atoms with E-state index in [4.69, 9.17) is 4.74 Å². The quantitative estimate of drug-likeness (QED) is 0.571. The third kappa shape index (κ3) is 5.19. The van der Waals surface area contributed by atoms with Gasteiger partial charge in [0.05, 0.1) is 24.8 Å². The molecule has 1 aliphatic rings. The SMILES string of the molecule is COc1ccc(-c2ccc(N3CCN(C(=O)Cn4cnc(C(C)C)cc4=O)CC3)nn2)cc1. The van der Waals surface area contributed by atoms with Crippen molar-refractivity contribution in [2.75, 3.05) is 38.2 Å². The molecule has 1 saturated heterocycles. The lowest BCUT2D eigenvalue weighted by Crippen LogP contribution is -2.50. The maximum atomic E-state index is 12.7. The third-order valence-corrected chi connectivity index (χ3v) is 5.79. The van der Waals surface area contributed by atoms with E-state index in [1.807, 2.05) is 50.2 Å². The summed E-state index contributed by atoms with van der Waals surface area (Å²) in [7, 11) is 1.64. The molecule has 0 bridgehead atoms. The normalized spacial score (nSPS) is 13.9. The van der Waals surface area contributed by atoms with E-state index in [-0.39, 0.29) is 23.9 Å². The van der Waals surface area contributed by atoms with Crippen molar-refractivity contribution < 1.29 is 9.53 Å². The number of aromatic nitrogens is 4. The molecule has 1 fully saturated rings. The second kappa shape index (κ2) is 9.81. The monoisotopic (exact) mass is 448 g/mol. The Kier molecular flexibility index (Phi) is 6.67. The number of hydrogen-bond acceptors (Lipinski definition) is 7. The molecule has 3 aromatic rings. The van der Waals surface area contributed by atoms with Crippen LogP contribution in [0.15, 0.2) is 53.6 Å². The van der Waals surface area contributed by atoms with Crippen molar-refractivity contribution >= 4 is 11.7 Å². The van der Waals surface area contributed by atoms with Crippen LogP contribution in [0.4, 0.5) is 5.82 Å². The molecule has 1 aliphatic heterocycles. The van der Waals surface area contributed by atoms with Crippen LogP contribution in [0.3, 0.4) is 0 Å². The van der Waals surface area contributed by atoms with E-state index in [0.717, 1.165) is 28.5 Å². The van der Waals surface area contributed by atoms with Gasteiger partial charge in [-0.25, -0.2) is 4.98 Å². The summed E-state index contributed by atoms with van der Waals surface area (Å²) in [6.07, 6.45) is 1.46. The number of rotatable bonds is 6. The molecule has 9 heteroatoms. The summed E-state index contributed by atoms with van der Waals surface area (Å²) in [5, 5.41) is 8.74. The largest absolute Gasteiger partial charge is 0.497 e. The molecule has 0 radical (unpaired) electrons. The molecular formula is C24H28N6O3. The fourth-order valence-corrected chi connectivity index (χ4v) is 3.71. The Hall–Kier alpha value is -3.75. The fraction of sp³-hybridized carbons (Fsp3) is 0.375. The van der Waals surface area contributed by atoms with E-state index in [1.54, 1.807) is 12.0 Å². The molecule has 0 spiro atoms. The Balaban J connectivity index is 1.33. The topological polar surface area (TPSA) is 93.5 Å². The van der Waals surface area contributed by atoms with Crippen molar-refractivity contribution in [1.29, 1.82) is 0 Å². The highest BCUT2D eigenvalue weighted by Gasteiger charge is 2.22. The second-order valence-electron chi connectivity index (χ2n) is 8.31. The van der Waals surface area contributed by atoms with Gasteiger partial charge in [-0.3, -0.25) is 14.2 Å². The van der Waals surface area contributed by atoms with E-state index in [0.29, 0.717) is 26.2 Å². The van der Waals surface area contributed by atoms with Gasteiger partial charge in [0.25, 0.3) is 5.56 Å². The summed E-state index contributed by atoms with van der Waals surface area (Å²) in [6.45, 7) is 6.39. The number of ether oxygens (including phenoxy) is 1. The highest BCUT2D eigenvalue weighted by atomic mass is 16.5. The smallest absolute Gasteiger partial charge is 0.254 e. The summed E-state index contributed by atoms with van der Waals surface area (Å²) in [6, 6.07) is 13.1. The maximum absolute atomic E-state index is 12.7. The predicted octanol–water partition coefficient (Wildman–Crippen LogP) is 2.18. The molecule has 1 amide bonds. The van der Waals surface area contributed by atoms with Crippen LogP contribution in [0.2, 0.25) is 0 Å². The Morgan fingerprint density at radius 1 is 1.03 bits per heavy atom. The summed E-state index contributed by atoms with van der Waals surface area (Å²) in [5.41, 5.74) is 2.29. The second-order valence-corrected chi connectivity index (χ2v) is 8.31. The number of nitrogens with zero attached hydrogens (tertiary/aromatic N) is 6. The van der Waals surface area contributed by atoms with Gasteiger partial charge in [0.1, 0.15) is 12.3 Å². The zero-order valence-corrected chi connectivity index (χ0v) is 19.1. The van der Waals surface area contributed by atoms with Gasteiger partial charge in [-0.05, 0) is 42.3 Å². The van der Waals surface area contributed by atoms with Crippen LogP contribution < -0.4 is 15.2 Å². The first-order valence-corrected chi connectivity index (χ1v) is 11.0. The van der Waals surface area contributed by atoms with Crippen LogP contribution >= 0.6 is 0 Å². The molecule has 0 atom stereocenters. The average molecular weight is 449 g/mol. The summed E-state index contributed by atoms with van der Waals surface area (Å²) in [5.74, 6) is 1.66. The van der Waals surface area contributed by atoms with Gasteiger partial charge in [-0.2, -0.15) is 0 Å². The molecule has 0 aliphatic carbocycles. The molecule has 1 aromatic carbocycles. The lowest BCUT2D eigenvalue weighted by molar-refractivity contribution is -0.132. The molecule has 4 rings (SSSR count). The van der Waals surface area contributed by atoms with E-state index in [2.05, 4.69) is 20.1 Å². The highest BCUT2D eigenvalue weighted by Crippen LogP contribution is 2.22. The summed E-state index contributed by atoms with van der Waals surface area (Å²) < 4.78 is 6.56. The van der Waals surface area contributed by atoms with Crippen molar-refractivity contribution in [3.8, 4) is 17.0 Å². The number of anilines is 1. The van der Waals surface area contributed by atoms with Gasteiger partial charge in [0, 0.05) is 37.8 Å². The van der Waals surface area contributed by atoms with Gasteiger partial charge in [-0.1, -0.05) is 13.8 Å². The van der Waals surface area contributed by atoms with Crippen LogP contribution in [-0.2, 0) is 11.3 Å². The number of carbonyl (C=O) groups excluding carboxylic acids is 1. The first kappa shape index (κ1) is 22.4. The Bertz CT molecular complexity index is 1150. The number of carbonyl (C=O) groups is 1. The maximum Gasteiger partial charge on any atom is 0.254 e. The minimum atomic E-state index is -0.201. The van der Waals surface area contributed by atoms with Crippen molar-refractivity contribution in [3.63, 3.8) is 0 Å². The highest BCUT2D eigenvalue weighted by molar-refractivity contribution is 5.76. The molecule has 0 unspecified atom stereocenters. The number of hydrogen-bond donors (Lipinski definition) is 0. The van der Waals surface area contributed by atoms with Gasteiger partial charge in [0.2, 0.25) is 5.91 Å². The van der Waals surface area contributed by atoms with Crippen molar-refractivity contribution in [3.05, 3.63) is 64.8 Å². The van der Waals surface area contributed by atoms with Crippen molar-refractivity contribution in [1.82, 2.24) is 24.6 Å². The number of amides is 1. The van der Waals surface area contributed by atoms with Crippen LogP contribution in [0, 0.1) is 0 Å². The molecule has 0 saturated carbocycles. The van der Waals surface area contributed by atoms with Crippen molar-refractivity contribution in [2.45, 2.75) is 26.3 Å². The molecule has 2 aromatic heterocycles. The van der Waals surface area contributed by atoms with E-state index < -0.39 is 0 Å². The first-order chi connectivity index (χ1) is 15.9. The average Bonchev–Trinajstić information content (AvgIpc) is 2.85. The van der Waals surface area contributed by atoms with E-state index >= 15 is 0 Å². The fourth-order valence-electron chi connectivity index (χ4n) is 3.71. The standard InChI is InChI=1S/C24H28N6O3/c1-17(2)21-14-23(31)30(16-25-21)15-24(32)29-12-10-28(11-13-29)22-9-8-20(26-27-22)18-4-6-19(33-3)7-5-18/h4-9,14,16-17H,10-13,15H2,1-3H3. The van der Waals surface area contributed by atoms with Crippen LogP contribution in [0.1, 0.15) is 25.5 Å². The van der Waals surface area contributed by atoms with Gasteiger partial charge >= 0.3 is 0 Å². The third-order valence-electron chi connectivity index (χ3n) is 5.79. The zero-order chi connectivity index (χ0) is 23.4.